The van der Waals surface area contributed by atoms with Crippen LogP contribution in [0.5, 0.6) is 0 Å². The van der Waals surface area contributed by atoms with Crippen LogP contribution in [0.2, 0.25) is 5.15 Å². The van der Waals surface area contributed by atoms with Crippen molar-refractivity contribution in [2.75, 3.05) is 0 Å². The molecule has 0 unspecified atom stereocenters. The quantitative estimate of drug-likeness (QED) is 0.557. The average molecular weight is 367 g/mol. The van der Waals surface area contributed by atoms with Crippen molar-refractivity contribution in [3.63, 3.8) is 0 Å². The van der Waals surface area contributed by atoms with E-state index >= 15 is 0 Å². The molecule has 0 aliphatic heterocycles. The number of hydrogen-bond donors (Lipinski definition) is 1. The molecule has 5 nitrogen and oxygen atoms in total. The summed E-state index contributed by atoms with van der Waals surface area (Å²) in [6.07, 6.45) is 8.74. The Kier molecular flexibility index (Phi) is 4.34. The van der Waals surface area contributed by atoms with Gasteiger partial charge in [0.2, 0.25) is 5.95 Å². The van der Waals surface area contributed by atoms with Crippen molar-refractivity contribution in [1.29, 1.82) is 0 Å². The van der Waals surface area contributed by atoms with Crippen molar-refractivity contribution in [3.05, 3.63) is 82.2 Å². The van der Waals surface area contributed by atoms with E-state index in [1.54, 1.807) is 18.3 Å². The van der Waals surface area contributed by atoms with E-state index in [2.05, 4.69) is 31.1 Å². The maximum absolute atomic E-state index is 14.2. The summed E-state index contributed by atoms with van der Waals surface area (Å²) in [4.78, 5) is 19.4. The van der Waals surface area contributed by atoms with Gasteiger partial charge >= 0.3 is 0 Å². The van der Waals surface area contributed by atoms with Gasteiger partial charge in [-0.3, -0.25) is 0 Å². The highest BCUT2D eigenvalue weighted by molar-refractivity contribution is 6.29. The zero-order valence-corrected chi connectivity index (χ0v) is 14.7. The third kappa shape index (κ3) is 3.28. The number of aryl methyl sites for hydroxylation is 1. The normalized spacial score (nSPS) is 11.2. The van der Waals surface area contributed by atoms with E-state index in [1.165, 1.54) is 6.33 Å². The monoisotopic (exact) mass is 366 g/mol. The third-order valence-corrected chi connectivity index (χ3v) is 4.44. The lowest BCUT2D eigenvalue weighted by atomic mass is 10.0. The summed E-state index contributed by atoms with van der Waals surface area (Å²) in [6.45, 7) is 1.91. The van der Waals surface area contributed by atoms with Gasteiger partial charge in [0.1, 0.15) is 17.1 Å². The first-order valence-corrected chi connectivity index (χ1v) is 8.42. The lowest BCUT2D eigenvalue weighted by molar-refractivity contribution is 0.568. The number of aromatic amines is 1. The molecule has 129 valence electrons. The molecule has 4 aromatic rings. The maximum Gasteiger partial charge on any atom is 0.217 e. The second-order valence-corrected chi connectivity index (χ2v) is 6.44. The fourth-order valence-electron chi connectivity index (χ4n) is 2.98. The highest BCUT2D eigenvalue weighted by atomic mass is 35.5. The molecule has 0 aromatic carbocycles. The second kappa shape index (κ2) is 6.80. The molecule has 4 aromatic heterocycles. The summed E-state index contributed by atoms with van der Waals surface area (Å²) in [5.74, 6) is -0.521. The van der Waals surface area contributed by atoms with Crippen LogP contribution in [0.3, 0.4) is 0 Å². The highest BCUT2D eigenvalue weighted by Gasteiger charge is 2.13. The molecular weight excluding hydrogens is 353 g/mol. The first-order valence-electron chi connectivity index (χ1n) is 8.04. The minimum Gasteiger partial charge on any atom is -0.346 e. The number of nitrogens with one attached hydrogen (secondary N) is 1. The molecule has 0 amide bonds. The van der Waals surface area contributed by atoms with Crippen molar-refractivity contribution in [1.82, 2.24) is 24.9 Å². The standard InChI is InChI=1S/C19H14ClFN5/c1-11-17-15(9-24-19(17)26-10-25-11)6-14-5-13(8-23-18(14)21)4-12-2-3-16(20)22-7-12/h2-3,5,7,9-10H,4,6H2,1H3,(H,24,25,26). The van der Waals surface area contributed by atoms with E-state index in [0.717, 1.165) is 33.4 Å². The molecule has 7 heteroatoms. The van der Waals surface area contributed by atoms with Gasteiger partial charge in [-0.15, -0.1) is 0 Å². The SMILES string of the molecule is Cc1ncnc2[nH]cc(Cc3cc(Cc4ccc(Cl)nc4)[c]nc3F)c12. The molecular formula is C19H14ClFN5. The zero-order valence-electron chi connectivity index (χ0n) is 13.9. The van der Waals surface area contributed by atoms with E-state index in [1.807, 2.05) is 19.2 Å². The molecule has 1 N–H and O–H groups in total. The Balaban J connectivity index is 1.65. The Morgan fingerprint density at radius 2 is 2.04 bits per heavy atom. The van der Waals surface area contributed by atoms with Gasteiger partial charge in [0.15, 0.2) is 0 Å². The molecule has 0 bridgehead atoms. The maximum atomic E-state index is 14.2. The molecule has 4 heterocycles. The van der Waals surface area contributed by atoms with Gasteiger partial charge in [0.25, 0.3) is 0 Å². The van der Waals surface area contributed by atoms with Crippen LogP contribution < -0.4 is 0 Å². The zero-order chi connectivity index (χ0) is 18.1. The number of H-pyrrole nitrogens is 1. The number of nitrogens with zero attached hydrogens (tertiary/aromatic N) is 4. The number of aromatic nitrogens is 5. The van der Waals surface area contributed by atoms with Crippen LogP contribution in [0.1, 0.15) is 27.9 Å². The third-order valence-electron chi connectivity index (χ3n) is 4.22. The predicted octanol–water partition coefficient (Wildman–Crippen LogP) is 3.83. The smallest absolute Gasteiger partial charge is 0.217 e. The first kappa shape index (κ1) is 16.6. The Morgan fingerprint density at radius 3 is 2.85 bits per heavy atom. The molecule has 0 spiro atoms. The molecule has 0 aliphatic rings. The van der Waals surface area contributed by atoms with Gasteiger partial charge < -0.3 is 4.98 Å². The predicted molar refractivity (Wildman–Crippen MR) is 96.5 cm³/mol. The fourth-order valence-corrected chi connectivity index (χ4v) is 3.09. The Morgan fingerprint density at radius 1 is 1.15 bits per heavy atom. The van der Waals surface area contributed by atoms with E-state index in [9.17, 15) is 4.39 Å². The van der Waals surface area contributed by atoms with Gasteiger partial charge in [-0.25, -0.2) is 19.9 Å². The number of pyridine rings is 2. The van der Waals surface area contributed by atoms with E-state index in [-0.39, 0.29) is 0 Å². The lowest BCUT2D eigenvalue weighted by Gasteiger charge is -2.06. The van der Waals surface area contributed by atoms with Crippen LogP contribution in [-0.2, 0) is 12.8 Å². The van der Waals surface area contributed by atoms with Crippen molar-refractivity contribution >= 4 is 22.6 Å². The van der Waals surface area contributed by atoms with Gasteiger partial charge in [-0.05, 0) is 35.7 Å². The van der Waals surface area contributed by atoms with Crippen LogP contribution in [0.15, 0.2) is 36.9 Å². The van der Waals surface area contributed by atoms with Crippen molar-refractivity contribution < 1.29 is 4.39 Å². The summed E-state index contributed by atoms with van der Waals surface area (Å²) in [5.41, 5.74) is 4.79. The van der Waals surface area contributed by atoms with Gasteiger partial charge in [0.05, 0.1) is 11.9 Å². The summed E-state index contributed by atoms with van der Waals surface area (Å²) in [6, 6.07) is 5.39. The topological polar surface area (TPSA) is 67.3 Å². The van der Waals surface area contributed by atoms with E-state index in [4.69, 9.17) is 11.6 Å². The molecule has 1 radical (unpaired) electrons. The number of fused-ring (bicyclic) bond motifs is 1. The van der Waals surface area contributed by atoms with Crippen LogP contribution in [0, 0.1) is 19.1 Å². The Bertz CT molecular complexity index is 1080. The molecule has 0 saturated heterocycles. The van der Waals surface area contributed by atoms with Crippen LogP contribution in [0.25, 0.3) is 11.0 Å². The van der Waals surface area contributed by atoms with Gasteiger partial charge in [-0.1, -0.05) is 17.7 Å². The molecule has 0 fully saturated rings. The number of rotatable bonds is 4. The Hall–Kier alpha value is -2.86. The van der Waals surface area contributed by atoms with Crippen LogP contribution >= 0.6 is 11.6 Å². The van der Waals surface area contributed by atoms with Crippen LogP contribution in [0.4, 0.5) is 4.39 Å². The number of halogens is 2. The molecule has 0 atom stereocenters. The summed E-state index contributed by atoms with van der Waals surface area (Å²) in [5, 5.41) is 1.36. The lowest BCUT2D eigenvalue weighted by Crippen LogP contribution is -2.00. The molecule has 4 rings (SSSR count). The van der Waals surface area contributed by atoms with Crippen molar-refractivity contribution in [3.8, 4) is 0 Å². The van der Waals surface area contributed by atoms with E-state index < -0.39 is 5.95 Å². The Labute approximate surface area is 154 Å². The minimum atomic E-state index is -0.521. The molecule has 0 aliphatic carbocycles. The number of hydrogen-bond acceptors (Lipinski definition) is 4. The van der Waals surface area contributed by atoms with Crippen molar-refractivity contribution in [2.45, 2.75) is 19.8 Å². The van der Waals surface area contributed by atoms with Crippen LogP contribution in [-0.4, -0.2) is 24.9 Å². The summed E-state index contributed by atoms with van der Waals surface area (Å²) in [7, 11) is 0. The minimum absolute atomic E-state index is 0.396. The summed E-state index contributed by atoms with van der Waals surface area (Å²) < 4.78 is 14.2. The summed E-state index contributed by atoms with van der Waals surface area (Å²) >= 11 is 5.81. The molecule has 26 heavy (non-hydrogen) atoms. The average Bonchev–Trinajstić information content (AvgIpc) is 3.04. The van der Waals surface area contributed by atoms with E-state index in [0.29, 0.717) is 23.6 Å². The second-order valence-electron chi connectivity index (χ2n) is 6.05. The first-order chi connectivity index (χ1) is 12.6. The highest BCUT2D eigenvalue weighted by Crippen LogP contribution is 2.23. The van der Waals surface area contributed by atoms with Gasteiger partial charge in [0, 0.05) is 36.2 Å². The molecule has 0 saturated carbocycles. The van der Waals surface area contributed by atoms with Gasteiger partial charge in [-0.2, -0.15) is 4.39 Å². The fraction of sp³-hybridized carbons (Fsp3) is 0.158. The van der Waals surface area contributed by atoms with Crippen molar-refractivity contribution in [2.24, 2.45) is 0 Å². The largest absolute Gasteiger partial charge is 0.346 e.